The first-order valence-corrected chi connectivity index (χ1v) is 6.02. The Hall–Kier alpha value is -2.17. The number of fused-ring (bicyclic) bond motifs is 1. The number of carboxylic acid groups (broad SMARTS) is 1. The Morgan fingerprint density at radius 2 is 2.05 bits per heavy atom. The monoisotopic (exact) mass is 263 g/mol. The number of benzene rings is 1. The number of aromatic nitrogens is 1. The Bertz CT molecular complexity index is 628. The summed E-state index contributed by atoms with van der Waals surface area (Å²) in [7, 11) is 3.29. The van der Waals surface area contributed by atoms with Gasteiger partial charge in [-0.25, -0.2) is 4.79 Å². The van der Waals surface area contributed by atoms with E-state index in [2.05, 4.69) is 0 Å². The number of methoxy groups -OCH3 is 1. The molecule has 5 heteroatoms. The second-order valence-corrected chi connectivity index (χ2v) is 4.59. The molecule has 0 aliphatic heterocycles. The minimum absolute atomic E-state index is 0.102. The first-order chi connectivity index (χ1) is 8.95. The van der Waals surface area contributed by atoms with Gasteiger partial charge in [0, 0.05) is 12.4 Å². The standard InChI is InChI=1S/C14H17NO4/c1-8(2)19-13-10-7-9(18-4)5-6-11(10)15(3)12(13)14(16)17/h5-8H,1-4H3,(H,16,17). The van der Waals surface area contributed by atoms with Crippen LogP contribution in [0.15, 0.2) is 18.2 Å². The topological polar surface area (TPSA) is 60.7 Å². The number of carbonyl (C=O) groups is 1. The molecule has 102 valence electrons. The van der Waals surface area contributed by atoms with Gasteiger partial charge in [-0.2, -0.15) is 0 Å². The second kappa shape index (κ2) is 4.84. The molecule has 0 unspecified atom stereocenters. The molecule has 0 saturated carbocycles. The van der Waals surface area contributed by atoms with Crippen molar-refractivity contribution in [3.63, 3.8) is 0 Å². The van der Waals surface area contributed by atoms with Crippen LogP contribution in [0.25, 0.3) is 10.9 Å². The molecule has 0 saturated heterocycles. The van der Waals surface area contributed by atoms with Crippen LogP contribution in [0, 0.1) is 0 Å². The van der Waals surface area contributed by atoms with E-state index in [1.165, 1.54) is 0 Å². The lowest BCUT2D eigenvalue weighted by Crippen LogP contribution is -2.11. The van der Waals surface area contributed by atoms with Crippen LogP contribution in [-0.2, 0) is 7.05 Å². The summed E-state index contributed by atoms with van der Waals surface area (Å²) in [6.07, 6.45) is -0.102. The highest BCUT2D eigenvalue weighted by Crippen LogP contribution is 2.35. The van der Waals surface area contributed by atoms with Crippen molar-refractivity contribution in [3.8, 4) is 11.5 Å². The van der Waals surface area contributed by atoms with Crippen LogP contribution in [0.5, 0.6) is 11.5 Å². The van der Waals surface area contributed by atoms with Gasteiger partial charge in [0.2, 0.25) is 0 Å². The van der Waals surface area contributed by atoms with Crippen molar-refractivity contribution in [1.29, 1.82) is 0 Å². The first-order valence-electron chi connectivity index (χ1n) is 6.02. The number of nitrogens with zero attached hydrogens (tertiary/aromatic N) is 1. The average molecular weight is 263 g/mol. The van der Waals surface area contributed by atoms with Crippen LogP contribution >= 0.6 is 0 Å². The molecule has 5 nitrogen and oxygen atoms in total. The number of hydrogen-bond donors (Lipinski definition) is 1. The van der Waals surface area contributed by atoms with Gasteiger partial charge in [-0.05, 0) is 32.0 Å². The molecule has 0 spiro atoms. The average Bonchev–Trinajstić information content (AvgIpc) is 2.61. The summed E-state index contributed by atoms with van der Waals surface area (Å²) < 4.78 is 12.5. The zero-order chi connectivity index (χ0) is 14.2. The quantitative estimate of drug-likeness (QED) is 0.921. The zero-order valence-electron chi connectivity index (χ0n) is 11.4. The summed E-state index contributed by atoms with van der Waals surface area (Å²) in [5.41, 5.74) is 0.950. The molecule has 0 aliphatic carbocycles. The van der Waals surface area contributed by atoms with E-state index in [0.717, 1.165) is 10.9 Å². The van der Waals surface area contributed by atoms with Gasteiger partial charge >= 0.3 is 5.97 Å². The predicted octanol–water partition coefficient (Wildman–Crippen LogP) is 2.67. The maximum atomic E-state index is 11.4. The largest absolute Gasteiger partial charge is 0.497 e. The van der Waals surface area contributed by atoms with Crippen LogP contribution in [0.3, 0.4) is 0 Å². The zero-order valence-corrected chi connectivity index (χ0v) is 11.4. The van der Waals surface area contributed by atoms with E-state index in [9.17, 15) is 9.90 Å². The van der Waals surface area contributed by atoms with Crippen LogP contribution in [0.1, 0.15) is 24.3 Å². The highest BCUT2D eigenvalue weighted by atomic mass is 16.5. The van der Waals surface area contributed by atoms with Crippen molar-refractivity contribution in [3.05, 3.63) is 23.9 Å². The van der Waals surface area contributed by atoms with Crippen molar-refractivity contribution >= 4 is 16.9 Å². The fourth-order valence-corrected chi connectivity index (χ4v) is 2.11. The van der Waals surface area contributed by atoms with Gasteiger partial charge in [-0.1, -0.05) is 0 Å². The maximum Gasteiger partial charge on any atom is 0.356 e. The van der Waals surface area contributed by atoms with Gasteiger partial charge in [0.05, 0.1) is 18.7 Å². The predicted molar refractivity (Wildman–Crippen MR) is 72.2 cm³/mol. The van der Waals surface area contributed by atoms with Gasteiger partial charge in [0.25, 0.3) is 0 Å². The van der Waals surface area contributed by atoms with Crippen molar-refractivity contribution in [2.24, 2.45) is 7.05 Å². The number of ether oxygens (including phenoxy) is 2. The maximum absolute atomic E-state index is 11.4. The van der Waals surface area contributed by atoms with E-state index in [1.807, 2.05) is 19.9 Å². The molecular weight excluding hydrogens is 246 g/mol. The molecule has 1 aromatic heterocycles. The molecule has 0 amide bonds. The van der Waals surface area contributed by atoms with E-state index in [-0.39, 0.29) is 11.8 Å². The molecule has 19 heavy (non-hydrogen) atoms. The van der Waals surface area contributed by atoms with Crippen molar-refractivity contribution in [2.75, 3.05) is 7.11 Å². The molecule has 1 heterocycles. The molecule has 2 aromatic rings. The third-order valence-electron chi connectivity index (χ3n) is 2.92. The summed E-state index contributed by atoms with van der Waals surface area (Å²) >= 11 is 0. The lowest BCUT2D eigenvalue weighted by Gasteiger charge is -2.10. The normalized spacial score (nSPS) is 11.0. The van der Waals surface area contributed by atoms with E-state index in [1.54, 1.807) is 30.9 Å². The number of rotatable bonds is 4. The SMILES string of the molecule is COc1ccc2c(c1)c(OC(C)C)c(C(=O)O)n2C. The molecular formula is C14H17NO4. The van der Waals surface area contributed by atoms with Crippen molar-refractivity contribution in [2.45, 2.75) is 20.0 Å². The molecule has 0 fully saturated rings. The van der Waals surface area contributed by atoms with E-state index in [4.69, 9.17) is 9.47 Å². The van der Waals surface area contributed by atoms with Gasteiger partial charge in [-0.3, -0.25) is 0 Å². The smallest absolute Gasteiger partial charge is 0.356 e. The lowest BCUT2D eigenvalue weighted by molar-refractivity contribution is 0.0680. The lowest BCUT2D eigenvalue weighted by atomic mass is 10.2. The van der Waals surface area contributed by atoms with Gasteiger partial charge in [-0.15, -0.1) is 0 Å². The van der Waals surface area contributed by atoms with Gasteiger partial charge in [0.1, 0.15) is 5.75 Å². The van der Waals surface area contributed by atoms with Gasteiger partial charge < -0.3 is 19.1 Å². The summed E-state index contributed by atoms with van der Waals surface area (Å²) in [5, 5.41) is 10.1. The van der Waals surface area contributed by atoms with Crippen LogP contribution < -0.4 is 9.47 Å². The number of hydrogen-bond acceptors (Lipinski definition) is 3. The van der Waals surface area contributed by atoms with Crippen LogP contribution in [0.2, 0.25) is 0 Å². The summed E-state index contributed by atoms with van der Waals surface area (Å²) in [5.74, 6) is 0.0517. The number of carboxylic acids is 1. The third-order valence-corrected chi connectivity index (χ3v) is 2.92. The molecule has 0 bridgehead atoms. The Morgan fingerprint density at radius 3 is 2.58 bits per heavy atom. The summed E-state index contributed by atoms with van der Waals surface area (Å²) in [6, 6.07) is 5.42. The Morgan fingerprint density at radius 1 is 1.37 bits per heavy atom. The Kier molecular flexibility index (Phi) is 3.38. The third kappa shape index (κ3) is 2.23. The van der Waals surface area contributed by atoms with E-state index in [0.29, 0.717) is 11.5 Å². The molecule has 0 atom stereocenters. The van der Waals surface area contributed by atoms with Crippen LogP contribution in [0.4, 0.5) is 0 Å². The summed E-state index contributed by atoms with van der Waals surface area (Å²) in [6.45, 7) is 3.73. The van der Waals surface area contributed by atoms with E-state index < -0.39 is 5.97 Å². The molecule has 0 radical (unpaired) electrons. The number of aromatic carboxylic acids is 1. The minimum atomic E-state index is -1.01. The number of aryl methyl sites for hydroxylation is 1. The first kappa shape index (κ1) is 13.3. The minimum Gasteiger partial charge on any atom is -0.497 e. The van der Waals surface area contributed by atoms with Gasteiger partial charge in [0.15, 0.2) is 11.4 Å². The van der Waals surface area contributed by atoms with E-state index >= 15 is 0 Å². The fourth-order valence-electron chi connectivity index (χ4n) is 2.11. The highest BCUT2D eigenvalue weighted by molar-refractivity contribution is 6.01. The highest BCUT2D eigenvalue weighted by Gasteiger charge is 2.23. The molecule has 2 rings (SSSR count). The fraction of sp³-hybridized carbons (Fsp3) is 0.357. The van der Waals surface area contributed by atoms with Crippen molar-refractivity contribution in [1.82, 2.24) is 4.57 Å². The molecule has 1 aromatic carbocycles. The molecule has 0 aliphatic rings. The van der Waals surface area contributed by atoms with Crippen molar-refractivity contribution < 1.29 is 19.4 Å². The molecule has 1 N–H and O–H groups in total. The summed E-state index contributed by atoms with van der Waals surface area (Å²) in [4.78, 5) is 11.4. The second-order valence-electron chi connectivity index (χ2n) is 4.59. The Balaban J connectivity index is 2.77. The van der Waals surface area contributed by atoms with Crippen LogP contribution in [-0.4, -0.2) is 28.9 Å². The Labute approximate surface area is 111 Å².